The van der Waals surface area contributed by atoms with Crippen LogP contribution in [0.4, 0.5) is 0 Å². The van der Waals surface area contributed by atoms with Gasteiger partial charge in [-0.15, -0.1) is 0 Å². The maximum Gasteiger partial charge on any atom is 1.00 e. The van der Waals surface area contributed by atoms with Crippen molar-refractivity contribution < 1.29 is 141 Å². The second kappa shape index (κ2) is 9.11. The van der Waals surface area contributed by atoms with Gasteiger partial charge in [0.2, 0.25) is 0 Å². The molecular weight excluding hydrogens is 262 g/mol. The largest absolute Gasteiger partial charge is 1.00 e. The molecule has 4 N–H and O–H groups in total. The van der Waals surface area contributed by atoms with Crippen LogP contribution in [0.15, 0.2) is 0 Å². The van der Waals surface area contributed by atoms with Crippen LogP contribution in [0.3, 0.4) is 0 Å². The summed E-state index contributed by atoms with van der Waals surface area (Å²) in [7, 11) is -7.14. The molecule has 0 rings (SSSR count). The number of hydrogen-bond acceptors (Lipinski definition) is 4. The number of hydrogen-bond donors (Lipinski definition) is 4. The molecule has 0 spiro atoms. The molecule has 0 aromatic carbocycles. The maximum absolute atomic E-state index is 9.59. The Balaban J connectivity index is -0.0000000408. The molecule has 10 heavy (non-hydrogen) atoms. The predicted molar refractivity (Wildman–Crippen MR) is 25.5 cm³/mol. The van der Waals surface area contributed by atoms with E-state index in [1.165, 1.54) is 0 Å². The van der Waals surface area contributed by atoms with Crippen LogP contribution in [0, 0.1) is 0 Å². The molecular formula is H6BKO6PRb. The molecule has 0 heterocycles. The molecule has 0 aromatic heterocycles. The Kier molecular flexibility index (Phi) is 17.4. The number of phosphoric acid groups is 1. The standard InChI is InChI=1S/BH4O6P.K.Rb.2H/c2-1(3)7-8(4,5)6;;;;/h2-3H,(H2,4,5,6);;;;/q;2*+1;2*-1. The van der Waals surface area contributed by atoms with E-state index in [4.69, 9.17) is 19.8 Å². The smallest absolute Gasteiger partial charge is 1.00 e. The van der Waals surface area contributed by atoms with Gasteiger partial charge in [-0.05, 0) is 0 Å². The van der Waals surface area contributed by atoms with Gasteiger partial charge in [0.15, 0.2) is 0 Å². The zero-order valence-electron chi connectivity index (χ0n) is 7.63. The SMILES string of the molecule is O=P(O)(O)OB(O)O.[H-].[H-].[K+].[Rb+]. The first kappa shape index (κ1) is 19.2. The fourth-order valence-corrected chi connectivity index (χ4v) is 0.368. The van der Waals surface area contributed by atoms with E-state index in [-0.39, 0.29) is 112 Å². The summed E-state index contributed by atoms with van der Waals surface area (Å²) in [5, 5.41) is 15.5. The van der Waals surface area contributed by atoms with Gasteiger partial charge >= 0.3 is 125 Å². The van der Waals surface area contributed by atoms with E-state index < -0.39 is 15.1 Å². The van der Waals surface area contributed by atoms with Gasteiger partial charge in [-0.2, -0.15) is 0 Å². The van der Waals surface area contributed by atoms with Gasteiger partial charge in [-0.25, -0.2) is 4.57 Å². The van der Waals surface area contributed by atoms with Crippen LogP contribution < -0.4 is 110 Å². The Labute approximate surface area is 152 Å². The number of rotatable bonds is 2. The summed E-state index contributed by atoms with van der Waals surface area (Å²) in [5.74, 6) is 0. The molecule has 0 saturated heterocycles. The fourth-order valence-electron chi connectivity index (χ4n) is 0.123. The monoisotopic (exact) mass is 268 g/mol. The molecule has 0 radical (unpaired) electrons. The molecule has 0 aromatic rings. The molecule has 0 bridgehead atoms. The summed E-state index contributed by atoms with van der Waals surface area (Å²) in [4.78, 5) is 15.5. The van der Waals surface area contributed by atoms with Crippen molar-refractivity contribution in [3.63, 3.8) is 0 Å². The molecule has 0 fully saturated rings. The molecule has 0 aliphatic carbocycles. The Morgan fingerprint density at radius 1 is 1.40 bits per heavy atom. The topological polar surface area (TPSA) is 107 Å². The van der Waals surface area contributed by atoms with Crippen molar-refractivity contribution in [2.24, 2.45) is 0 Å². The average Bonchev–Trinajstić information content (AvgIpc) is 1.21. The van der Waals surface area contributed by atoms with Crippen LogP contribution in [0.2, 0.25) is 0 Å². The van der Waals surface area contributed by atoms with E-state index in [9.17, 15) is 4.57 Å². The molecule has 52 valence electrons. The van der Waals surface area contributed by atoms with E-state index in [0.29, 0.717) is 0 Å². The second-order valence-electron chi connectivity index (χ2n) is 0.922. The molecule has 10 heteroatoms. The average molecular weight is 268 g/mol. The van der Waals surface area contributed by atoms with E-state index in [1.807, 2.05) is 0 Å². The summed E-state index contributed by atoms with van der Waals surface area (Å²) in [6, 6.07) is 0. The summed E-state index contributed by atoms with van der Waals surface area (Å²) < 4.78 is 12.8. The van der Waals surface area contributed by atoms with Crippen molar-refractivity contribution in [3.8, 4) is 0 Å². The summed E-state index contributed by atoms with van der Waals surface area (Å²) in [6.45, 7) is 0. The fraction of sp³-hybridized carbons (Fsp3) is 0. The minimum absolute atomic E-state index is 0. The minimum Gasteiger partial charge on any atom is -1.00 e. The molecule has 0 amide bonds. The van der Waals surface area contributed by atoms with E-state index in [0.717, 1.165) is 0 Å². The van der Waals surface area contributed by atoms with Gasteiger partial charge in [-0.3, -0.25) is 4.44 Å². The summed E-state index contributed by atoms with van der Waals surface area (Å²) in [5.41, 5.74) is 0. The summed E-state index contributed by atoms with van der Waals surface area (Å²) in [6.07, 6.45) is 0. The zero-order chi connectivity index (χ0) is 6.78. The third kappa shape index (κ3) is 17.6. The molecule has 0 unspecified atom stereocenters. The van der Waals surface area contributed by atoms with Crippen LogP contribution in [0.25, 0.3) is 0 Å². The second-order valence-corrected chi connectivity index (χ2v) is 2.11. The Morgan fingerprint density at radius 2 is 1.70 bits per heavy atom. The third-order valence-corrected chi connectivity index (χ3v) is 0.695. The summed E-state index contributed by atoms with van der Waals surface area (Å²) >= 11 is 0. The first-order valence-electron chi connectivity index (χ1n) is 1.52. The maximum atomic E-state index is 9.59. The van der Waals surface area contributed by atoms with Crippen molar-refractivity contribution in [1.82, 2.24) is 0 Å². The van der Waals surface area contributed by atoms with Gasteiger partial charge in [0.25, 0.3) is 0 Å². The van der Waals surface area contributed by atoms with Crippen LogP contribution in [-0.2, 0) is 9.01 Å². The Morgan fingerprint density at radius 3 is 1.70 bits per heavy atom. The van der Waals surface area contributed by atoms with Crippen LogP contribution in [-0.4, -0.2) is 27.2 Å². The van der Waals surface area contributed by atoms with E-state index in [1.54, 1.807) is 0 Å². The van der Waals surface area contributed by atoms with Crippen molar-refractivity contribution in [3.05, 3.63) is 0 Å². The van der Waals surface area contributed by atoms with E-state index >= 15 is 0 Å². The van der Waals surface area contributed by atoms with E-state index in [2.05, 4.69) is 4.44 Å². The van der Waals surface area contributed by atoms with Crippen molar-refractivity contribution in [2.45, 2.75) is 0 Å². The van der Waals surface area contributed by atoms with Gasteiger partial charge < -0.3 is 22.7 Å². The van der Waals surface area contributed by atoms with Gasteiger partial charge in [0, 0.05) is 0 Å². The van der Waals surface area contributed by atoms with Crippen molar-refractivity contribution in [1.29, 1.82) is 0 Å². The van der Waals surface area contributed by atoms with Crippen LogP contribution in [0.5, 0.6) is 0 Å². The van der Waals surface area contributed by atoms with Crippen LogP contribution >= 0.6 is 7.82 Å². The molecule has 0 saturated carbocycles. The van der Waals surface area contributed by atoms with Gasteiger partial charge in [0.1, 0.15) is 0 Å². The van der Waals surface area contributed by atoms with Crippen molar-refractivity contribution in [2.75, 3.05) is 0 Å². The first-order chi connectivity index (χ1) is 3.42. The van der Waals surface area contributed by atoms with Gasteiger partial charge in [-0.1, -0.05) is 0 Å². The minimum atomic E-state index is -4.72. The molecule has 0 aliphatic heterocycles. The van der Waals surface area contributed by atoms with Gasteiger partial charge in [0.05, 0.1) is 0 Å². The first-order valence-corrected chi connectivity index (χ1v) is 3.05. The molecule has 0 aliphatic rings. The Bertz CT molecular complexity index is 118. The quantitative estimate of drug-likeness (QED) is 0.293. The van der Waals surface area contributed by atoms with Crippen LogP contribution in [0.1, 0.15) is 2.85 Å². The molecule has 0 atom stereocenters. The van der Waals surface area contributed by atoms with Crippen molar-refractivity contribution >= 4 is 15.1 Å². The third-order valence-electron chi connectivity index (χ3n) is 0.232. The molecule has 6 nitrogen and oxygen atoms in total. The Hall–Kier alpha value is 3.54. The predicted octanol–water partition coefficient (Wildman–Crippen LogP) is -7.70. The zero-order valence-corrected chi connectivity index (χ0v) is 14.6. The normalized spacial score (nSPS) is 9.20.